The van der Waals surface area contributed by atoms with E-state index in [-0.39, 0.29) is 0 Å². The molecule has 0 saturated carbocycles. The normalized spacial score (nSPS) is 11.2. The minimum Gasteiger partial charge on any atom is -0.310 e. The predicted octanol–water partition coefficient (Wildman–Crippen LogP) is 3.65. The van der Waals surface area contributed by atoms with E-state index in [1.54, 1.807) is 0 Å². The summed E-state index contributed by atoms with van der Waals surface area (Å²) in [7, 11) is 0. The van der Waals surface area contributed by atoms with Gasteiger partial charge >= 0.3 is 0 Å². The molecule has 16 heavy (non-hydrogen) atoms. The van der Waals surface area contributed by atoms with Gasteiger partial charge in [-0.25, -0.2) is 0 Å². The summed E-state index contributed by atoms with van der Waals surface area (Å²) in [5, 5.41) is 6.21. The first-order valence-corrected chi connectivity index (χ1v) is 5.89. The van der Waals surface area contributed by atoms with Crippen LogP contribution in [0.15, 0.2) is 36.4 Å². The number of fused-ring (bicyclic) bond motifs is 1. The molecule has 0 radical (unpaired) electrons. The Morgan fingerprint density at radius 3 is 2.44 bits per heavy atom. The molecule has 1 N–H and O–H groups in total. The van der Waals surface area contributed by atoms with Crippen molar-refractivity contribution in [1.82, 2.24) is 5.32 Å². The lowest BCUT2D eigenvalue weighted by Crippen LogP contribution is -2.21. The van der Waals surface area contributed by atoms with Gasteiger partial charge in [0.05, 0.1) is 0 Å². The van der Waals surface area contributed by atoms with E-state index >= 15 is 0 Å². The molecule has 0 aliphatic heterocycles. The maximum absolute atomic E-state index is 3.47. The van der Waals surface area contributed by atoms with Crippen molar-refractivity contribution in [3.63, 3.8) is 0 Å². The molecule has 1 heteroatoms. The average Bonchev–Trinajstić information content (AvgIpc) is 2.27. The molecule has 1 nitrogen and oxygen atoms in total. The molecule has 0 spiro atoms. The Bertz CT molecular complexity index is 486. The monoisotopic (exact) mass is 213 g/mol. The molecule has 0 unspecified atom stereocenters. The first-order chi connectivity index (χ1) is 7.68. The van der Waals surface area contributed by atoms with Crippen LogP contribution in [0, 0.1) is 6.92 Å². The first kappa shape index (κ1) is 11.2. The van der Waals surface area contributed by atoms with Gasteiger partial charge in [0, 0.05) is 12.6 Å². The van der Waals surface area contributed by atoms with Gasteiger partial charge in [-0.2, -0.15) is 0 Å². The zero-order valence-corrected chi connectivity index (χ0v) is 10.2. The Balaban J connectivity index is 2.42. The van der Waals surface area contributed by atoms with Gasteiger partial charge in [0.2, 0.25) is 0 Å². The highest BCUT2D eigenvalue weighted by Crippen LogP contribution is 2.21. The Morgan fingerprint density at radius 1 is 1.00 bits per heavy atom. The summed E-state index contributed by atoms with van der Waals surface area (Å²) in [6.45, 7) is 7.47. The summed E-state index contributed by atoms with van der Waals surface area (Å²) < 4.78 is 0. The van der Waals surface area contributed by atoms with Gasteiger partial charge in [-0.1, -0.05) is 50.2 Å². The summed E-state index contributed by atoms with van der Waals surface area (Å²) >= 11 is 0. The maximum atomic E-state index is 3.47. The van der Waals surface area contributed by atoms with Crippen molar-refractivity contribution in [3.8, 4) is 0 Å². The predicted molar refractivity (Wildman–Crippen MR) is 70.7 cm³/mol. The Morgan fingerprint density at radius 2 is 1.69 bits per heavy atom. The number of hydrogen-bond donors (Lipinski definition) is 1. The van der Waals surface area contributed by atoms with Crippen LogP contribution < -0.4 is 5.32 Å². The number of nitrogens with one attached hydrogen (secondary N) is 1. The molecule has 0 fully saturated rings. The van der Waals surface area contributed by atoms with Crippen molar-refractivity contribution in [2.75, 3.05) is 0 Å². The van der Waals surface area contributed by atoms with E-state index < -0.39 is 0 Å². The zero-order chi connectivity index (χ0) is 11.5. The minimum absolute atomic E-state index is 0.528. The van der Waals surface area contributed by atoms with Crippen LogP contribution in [0.2, 0.25) is 0 Å². The quantitative estimate of drug-likeness (QED) is 0.820. The van der Waals surface area contributed by atoms with E-state index in [0.717, 1.165) is 6.54 Å². The maximum Gasteiger partial charge on any atom is 0.0214 e. The summed E-state index contributed by atoms with van der Waals surface area (Å²) in [5.41, 5.74) is 2.73. The van der Waals surface area contributed by atoms with Crippen molar-refractivity contribution >= 4 is 10.8 Å². The SMILES string of the molecule is Cc1cccc2c(CNC(C)C)cccc12. The second kappa shape index (κ2) is 4.67. The van der Waals surface area contributed by atoms with Crippen LogP contribution in [-0.4, -0.2) is 6.04 Å². The summed E-state index contributed by atoms with van der Waals surface area (Å²) in [6.07, 6.45) is 0. The lowest BCUT2D eigenvalue weighted by atomic mass is 10.0. The third-order valence-corrected chi connectivity index (χ3v) is 2.93. The van der Waals surface area contributed by atoms with Crippen molar-refractivity contribution in [2.45, 2.75) is 33.4 Å². The second-order valence-electron chi connectivity index (χ2n) is 4.62. The molecule has 0 bridgehead atoms. The van der Waals surface area contributed by atoms with Crippen LogP contribution in [0.25, 0.3) is 10.8 Å². The van der Waals surface area contributed by atoms with Gasteiger partial charge in [-0.15, -0.1) is 0 Å². The first-order valence-electron chi connectivity index (χ1n) is 5.89. The van der Waals surface area contributed by atoms with Crippen LogP contribution in [0.3, 0.4) is 0 Å². The van der Waals surface area contributed by atoms with E-state index in [1.807, 2.05) is 0 Å². The largest absolute Gasteiger partial charge is 0.310 e. The molecule has 0 heterocycles. The van der Waals surface area contributed by atoms with Gasteiger partial charge in [0.15, 0.2) is 0 Å². The van der Waals surface area contributed by atoms with Gasteiger partial charge in [-0.05, 0) is 28.8 Å². The van der Waals surface area contributed by atoms with Gasteiger partial charge < -0.3 is 5.32 Å². The fourth-order valence-corrected chi connectivity index (χ4v) is 2.00. The Labute approximate surface area is 97.5 Å². The van der Waals surface area contributed by atoms with Crippen LogP contribution >= 0.6 is 0 Å². The van der Waals surface area contributed by atoms with Crippen LogP contribution in [0.1, 0.15) is 25.0 Å². The Hall–Kier alpha value is -1.34. The fourth-order valence-electron chi connectivity index (χ4n) is 2.00. The molecular formula is C15H19N. The van der Waals surface area contributed by atoms with Crippen molar-refractivity contribution in [1.29, 1.82) is 0 Å². The number of hydrogen-bond acceptors (Lipinski definition) is 1. The van der Waals surface area contributed by atoms with E-state index in [4.69, 9.17) is 0 Å². The molecule has 0 aliphatic carbocycles. The minimum atomic E-state index is 0.528. The second-order valence-corrected chi connectivity index (χ2v) is 4.62. The number of benzene rings is 2. The third kappa shape index (κ3) is 2.25. The zero-order valence-electron chi connectivity index (χ0n) is 10.2. The molecule has 0 aliphatic rings. The summed E-state index contributed by atoms with van der Waals surface area (Å²) in [5.74, 6) is 0. The van der Waals surface area contributed by atoms with Crippen LogP contribution in [0.4, 0.5) is 0 Å². The Kier molecular flexibility index (Phi) is 3.25. The molecule has 2 aromatic carbocycles. The topological polar surface area (TPSA) is 12.0 Å². The van der Waals surface area contributed by atoms with E-state index in [2.05, 4.69) is 62.5 Å². The highest BCUT2D eigenvalue weighted by Gasteiger charge is 2.02. The molecule has 0 atom stereocenters. The van der Waals surface area contributed by atoms with Crippen LogP contribution in [0.5, 0.6) is 0 Å². The fraction of sp³-hybridized carbons (Fsp3) is 0.333. The van der Waals surface area contributed by atoms with Crippen molar-refractivity contribution < 1.29 is 0 Å². The third-order valence-electron chi connectivity index (χ3n) is 2.93. The lowest BCUT2D eigenvalue weighted by molar-refractivity contribution is 0.590. The number of rotatable bonds is 3. The number of aryl methyl sites for hydroxylation is 1. The van der Waals surface area contributed by atoms with Gasteiger partial charge in [0.25, 0.3) is 0 Å². The molecule has 84 valence electrons. The van der Waals surface area contributed by atoms with Gasteiger partial charge in [0.1, 0.15) is 0 Å². The standard InChI is InChI=1S/C15H19N/c1-11(2)16-10-13-7-5-8-14-12(3)6-4-9-15(13)14/h4-9,11,16H,10H2,1-3H3. The summed E-state index contributed by atoms with van der Waals surface area (Å²) in [6, 6.07) is 13.6. The van der Waals surface area contributed by atoms with Crippen molar-refractivity contribution in [3.05, 3.63) is 47.5 Å². The van der Waals surface area contributed by atoms with E-state index in [9.17, 15) is 0 Å². The van der Waals surface area contributed by atoms with Crippen molar-refractivity contribution in [2.24, 2.45) is 0 Å². The molecular weight excluding hydrogens is 194 g/mol. The highest BCUT2D eigenvalue weighted by atomic mass is 14.9. The molecule has 0 aromatic heterocycles. The average molecular weight is 213 g/mol. The molecule has 0 saturated heterocycles. The molecule has 0 amide bonds. The van der Waals surface area contributed by atoms with E-state index in [0.29, 0.717) is 6.04 Å². The van der Waals surface area contributed by atoms with Gasteiger partial charge in [-0.3, -0.25) is 0 Å². The summed E-state index contributed by atoms with van der Waals surface area (Å²) in [4.78, 5) is 0. The lowest BCUT2D eigenvalue weighted by Gasteiger charge is -2.11. The molecule has 2 rings (SSSR count). The van der Waals surface area contributed by atoms with Crippen LogP contribution in [-0.2, 0) is 6.54 Å². The molecule has 2 aromatic rings. The van der Waals surface area contributed by atoms with E-state index in [1.165, 1.54) is 21.9 Å². The smallest absolute Gasteiger partial charge is 0.0214 e. The highest BCUT2D eigenvalue weighted by molar-refractivity contribution is 5.88.